The zero-order chi connectivity index (χ0) is 8.85. The predicted molar refractivity (Wildman–Crippen MR) is 50.6 cm³/mol. The third-order valence-electron chi connectivity index (χ3n) is 2.28. The van der Waals surface area contributed by atoms with Gasteiger partial charge in [-0.1, -0.05) is 13.3 Å². The van der Waals surface area contributed by atoms with Gasteiger partial charge in [0.2, 0.25) is 0 Å². The first-order chi connectivity index (χ1) is 5.13. The van der Waals surface area contributed by atoms with Gasteiger partial charge in [0.15, 0.2) is 0 Å². The van der Waals surface area contributed by atoms with Crippen LogP contribution in [0.3, 0.4) is 0 Å². The first-order valence-electron chi connectivity index (χ1n) is 4.55. The Morgan fingerprint density at radius 1 is 1.36 bits per heavy atom. The number of hydrogen-bond acceptors (Lipinski definition) is 2. The Morgan fingerprint density at radius 2 is 1.91 bits per heavy atom. The topological polar surface area (TPSA) is 29.3 Å². The van der Waals surface area contributed by atoms with E-state index in [-0.39, 0.29) is 0 Å². The molecule has 0 aliphatic rings. The van der Waals surface area contributed by atoms with Crippen LogP contribution in [0.4, 0.5) is 0 Å². The maximum atomic E-state index is 5.66. The van der Waals surface area contributed by atoms with Gasteiger partial charge in [-0.2, -0.15) is 0 Å². The van der Waals surface area contributed by atoms with E-state index in [1.165, 1.54) is 12.8 Å². The van der Waals surface area contributed by atoms with Crippen molar-refractivity contribution in [2.45, 2.75) is 45.7 Å². The summed E-state index contributed by atoms with van der Waals surface area (Å²) in [5.74, 6) is 0. The maximum Gasteiger partial charge on any atom is 0.0217 e. The minimum absolute atomic E-state index is 0.569. The summed E-state index contributed by atoms with van der Waals surface area (Å²) in [4.78, 5) is 2.35. The smallest absolute Gasteiger partial charge is 0.0217 e. The zero-order valence-corrected chi connectivity index (χ0v) is 8.30. The summed E-state index contributed by atoms with van der Waals surface area (Å²) in [6, 6.07) is 1.18. The monoisotopic (exact) mass is 158 g/mol. The summed E-state index contributed by atoms with van der Waals surface area (Å²) in [5.41, 5.74) is 5.66. The van der Waals surface area contributed by atoms with E-state index < -0.39 is 0 Å². The van der Waals surface area contributed by atoms with Crippen molar-refractivity contribution in [3.8, 4) is 0 Å². The van der Waals surface area contributed by atoms with Crippen molar-refractivity contribution < 1.29 is 0 Å². The van der Waals surface area contributed by atoms with E-state index in [1.807, 2.05) is 0 Å². The molecule has 0 fully saturated rings. The van der Waals surface area contributed by atoms with Crippen LogP contribution < -0.4 is 5.73 Å². The summed E-state index contributed by atoms with van der Waals surface area (Å²) >= 11 is 0. The molecule has 2 N–H and O–H groups in total. The van der Waals surface area contributed by atoms with E-state index in [1.54, 1.807) is 0 Å². The molecule has 0 aliphatic heterocycles. The zero-order valence-electron chi connectivity index (χ0n) is 8.30. The van der Waals surface area contributed by atoms with Crippen LogP contribution in [0, 0.1) is 0 Å². The minimum Gasteiger partial charge on any atom is -0.329 e. The van der Waals surface area contributed by atoms with Gasteiger partial charge >= 0.3 is 0 Å². The molecule has 1 atom stereocenters. The minimum atomic E-state index is 0.569. The average molecular weight is 158 g/mol. The molecule has 0 amide bonds. The van der Waals surface area contributed by atoms with Crippen LogP contribution in [0.2, 0.25) is 0 Å². The summed E-state index contributed by atoms with van der Waals surface area (Å²) < 4.78 is 0. The summed E-state index contributed by atoms with van der Waals surface area (Å²) in [6.07, 6.45) is 2.43. The van der Waals surface area contributed by atoms with Crippen molar-refractivity contribution in [3.05, 3.63) is 0 Å². The van der Waals surface area contributed by atoms with Crippen LogP contribution >= 0.6 is 0 Å². The second kappa shape index (κ2) is 5.56. The Hall–Kier alpha value is -0.0800. The molecule has 11 heavy (non-hydrogen) atoms. The molecular weight excluding hydrogens is 136 g/mol. The van der Waals surface area contributed by atoms with Gasteiger partial charge in [-0.3, -0.25) is 4.90 Å². The van der Waals surface area contributed by atoms with E-state index in [0.29, 0.717) is 12.1 Å². The normalized spacial score (nSPS) is 14.5. The lowest BCUT2D eigenvalue weighted by atomic mass is 10.1. The highest BCUT2D eigenvalue weighted by atomic mass is 15.2. The molecular formula is C9H22N2. The highest BCUT2D eigenvalue weighted by Gasteiger charge is 2.13. The van der Waals surface area contributed by atoms with Crippen molar-refractivity contribution in [2.75, 3.05) is 13.6 Å². The molecule has 2 heteroatoms. The molecule has 0 aromatic carbocycles. The van der Waals surface area contributed by atoms with E-state index >= 15 is 0 Å². The molecule has 0 aromatic rings. The Bertz CT molecular complexity index is 91.6. The van der Waals surface area contributed by atoms with E-state index in [4.69, 9.17) is 5.73 Å². The molecule has 0 rings (SSSR count). The van der Waals surface area contributed by atoms with Gasteiger partial charge in [0, 0.05) is 18.6 Å². The van der Waals surface area contributed by atoms with Crippen LogP contribution in [0.1, 0.15) is 33.6 Å². The number of hydrogen-bond donors (Lipinski definition) is 1. The fourth-order valence-electron chi connectivity index (χ4n) is 1.24. The van der Waals surface area contributed by atoms with E-state index in [0.717, 1.165) is 6.54 Å². The molecule has 0 bridgehead atoms. The fraction of sp³-hybridized carbons (Fsp3) is 1.00. The lowest BCUT2D eigenvalue weighted by molar-refractivity contribution is 0.189. The van der Waals surface area contributed by atoms with Crippen LogP contribution in [0.25, 0.3) is 0 Å². The van der Waals surface area contributed by atoms with Crippen molar-refractivity contribution in [1.29, 1.82) is 0 Å². The molecule has 0 saturated heterocycles. The van der Waals surface area contributed by atoms with E-state index in [9.17, 15) is 0 Å². The first kappa shape index (κ1) is 10.9. The second-order valence-corrected chi connectivity index (χ2v) is 3.44. The molecule has 68 valence electrons. The second-order valence-electron chi connectivity index (χ2n) is 3.44. The molecule has 1 unspecified atom stereocenters. The molecule has 0 aromatic heterocycles. The summed E-state index contributed by atoms with van der Waals surface area (Å²) in [7, 11) is 2.15. The third-order valence-corrected chi connectivity index (χ3v) is 2.28. The number of rotatable bonds is 5. The quantitative estimate of drug-likeness (QED) is 0.656. The lowest BCUT2D eigenvalue weighted by Gasteiger charge is -2.30. The highest BCUT2D eigenvalue weighted by molar-refractivity contribution is 4.71. The standard InChI is InChI=1S/C9H22N2/c1-5-6-9(7-10)11(4)8(2)3/h8-9H,5-7,10H2,1-4H3. The fourth-order valence-corrected chi connectivity index (χ4v) is 1.24. The predicted octanol–water partition coefficient (Wildman–Crippen LogP) is 1.45. The molecule has 0 saturated carbocycles. The maximum absolute atomic E-state index is 5.66. The first-order valence-corrected chi connectivity index (χ1v) is 4.55. The highest BCUT2D eigenvalue weighted by Crippen LogP contribution is 2.06. The van der Waals surface area contributed by atoms with Crippen LogP contribution in [-0.4, -0.2) is 30.6 Å². The van der Waals surface area contributed by atoms with Gasteiger partial charge in [0.25, 0.3) is 0 Å². The SMILES string of the molecule is CCCC(CN)N(C)C(C)C. The van der Waals surface area contributed by atoms with Crippen molar-refractivity contribution >= 4 is 0 Å². The van der Waals surface area contributed by atoms with Gasteiger partial charge in [0.05, 0.1) is 0 Å². The van der Waals surface area contributed by atoms with Gasteiger partial charge in [-0.05, 0) is 27.3 Å². The Kier molecular flexibility index (Phi) is 5.51. The lowest BCUT2D eigenvalue weighted by Crippen LogP contribution is -2.41. The third kappa shape index (κ3) is 3.73. The number of nitrogens with two attached hydrogens (primary N) is 1. The van der Waals surface area contributed by atoms with Gasteiger partial charge in [-0.15, -0.1) is 0 Å². The molecule has 0 aliphatic carbocycles. The van der Waals surface area contributed by atoms with Crippen molar-refractivity contribution in [3.63, 3.8) is 0 Å². The molecule has 0 spiro atoms. The number of nitrogens with zero attached hydrogens (tertiary/aromatic N) is 1. The summed E-state index contributed by atoms with van der Waals surface area (Å²) in [6.45, 7) is 7.40. The van der Waals surface area contributed by atoms with Crippen molar-refractivity contribution in [2.24, 2.45) is 5.73 Å². The van der Waals surface area contributed by atoms with Gasteiger partial charge < -0.3 is 5.73 Å². The Balaban J connectivity index is 3.81. The molecule has 0 radical (unpaired) electrons. The van der Waals surface area contributed by atoms with Crippen LogP contribution in [0.5, 0.6) is 0 Å². The largest absolute Gasteiger partial charge is 0.329 e. The summed E-state index contributed by atoms with van der Waals surface area (Å²) in [5, 5.41) is 0. The van der Waals surface area contributed by atoms with Gasteiger partial charge in [-0.25, -0.2) is 0 Å². The molecule has 0 heterocycles. The van der Waals surface area contributed by atoms with Crippen LogP contribution in [-0.2, 0) is 0 Å². The van der Waals surface area contributed by atoms with E-state index in [2.05, 4.69) is 32.7 Å². The van der Waals surface area contributed by atoms with Crippen LogP contribution in [0.15, 0.2) is 0 Å². The number of likely N-dealkylation sites (N-methyl/N-ethyl adjacent to an activating group) is 1. The average Bonchev–Trinajstić information content (AvgIpc) is 1.98. The van der Waals surface area contributed by atoms with Gasteiger partial charge in [0.1, 0.15) is 0 Å². The Morgan fingerprint density at radius 3 is 2.18 bits per heavy atom. The molecule has 2 nitrogen and oxygen atoms in total. The van der Waals surface area contributed by atoms with Crippen molar-refractivity contribution in [1.82, 2.24) is 4.90 Å². The Labute approximate surface area is 70.8 Å².